The van der Waals surface area contributed by atoms with Crippen LogP contribution in [0.1, 0.15) is 26.2 Å². The van der Waals surface area contributed by atoms with Crippen LogP contribution in [0.5, 0.6) is 11.5 Å². The van der Waals surface area contributed by atoms with Crippen LogP contribution in [0.4, 0.5) is 5.69 Å². The molecule has 2 rings (SSSR count). The van der Waals surface area contributed by atoms with E-state index in [1.807, 2.05) is 42.5 Å². The first kappa shape index (κ1) is 18.1. The van der Waals surface area contributed by atoms with Gasteiger partial charge in [0.05, 0.1) is 18.2 Å². The maximum absolute atomic E-state index is 12.0. The van der Waals surface area contributed by atoms with Gasteiger partial charge in [-0.2, -0.15) is 0 Å². The molecule has 1 N–H and O–H groups in total. The van der Waals surface area contributed by atoms with Crippen molar-refractivity contribution in [1.29, 1.82) is 0 Å². The van der Waals surface area contributed by atoms with Crippen LogP contribution >= 0.6 is 11.6 Å². The van der Waals surface area contributed by atoms with E-state index >= 15 is 0 Å². The summed E-state index contributed by atoms with van der Waals surface area (Å²) >= 11 is 6.01. The second-order valence-corrected chi connectivity index (χ2v) is 5.71. The molecule has 0 aliphatic carbocycles. The second-order valence-electron chi connectivity index (χ2n) is 5.31. The van der Waals surface area contributed by atoms with Crippen molar-refractivity contribution >= 4 is 23.2 Å². The number of anilines is 1. The van der Waals surface area contributed by atoms with Gasteiger partial charge in [-0.15, -0.1) is 0 Å². The van der Waals surface area contributed by atoms with Gasteiger partial charge in [0.2, 0.25) is 5.91 Å². The molecule has 0 radical (unpaired) electrons. The molecule has 0 aliphatic heterocycles. The van der Waals surface area contributed by atoms with Gasteiger partial charge < -0.3 is 14.8 Å². The summed E-state index contributed by atoms with van der Waals surface area (Å²) in [4.78, 5) is 12.0. The normalized spacial score (nSPS) is 10.2. The molecule has 0 saturated carbocycles. The van der Waals surface area contributed by atoms with E-state index in [0.717, 1.165) is 17.9 Å². The van der Waals surface area contributed by atoms with E-state index in [2.05, 4.69) is 12.2 Å². The van der Waals surface area contributed by atoms with E-state index in [-0.39, 0.29) is 5.91 Å². The highest BCUT2D eigenvalue weighted by molar-refractivity contribution is 6.32. The van der Waals surface area contributed by atoms with E-state index in [0.29, 0.717) is 36.8 Å². The van der Waals surface area contributed by atoms with Crippen LogP contribution in [0.15, 0.2) is 48.5 Å². The van der Waals surface area contributed by atoms with Crippen molar-refractivity contribution in [3.8, 4) is 11.5 Å². The first-order valence-corrected chi connectivity index (χ1v) is 8.47. The molecule has 2 aromatic carbocycles. The number of halogens is 1. The monoisotopic (exact) mass is 347 g/mol. The summed E-state index contributed by atoms with van der Waals surface area (Å²) in [6.45, 7) is 3.16. The topological polar surface area (TPSA) is 47.6 Å². The fourth-order valence-electron chi connectivity index (χ4n) is 2.08. The maximum Gasteiger partial charge on any atom is 0.224 e. The lowest BCUT2D eigenvalue weighted by molar-refractivity contribution is -0.116. The fourth-order valence-corrected chi connectivity index (χ4v) is 2.27. The average molecular weight is 348 g/mol. The Kier molecular flexibility index (Phi) is 7.43. The van der Waals surface area contributed by atoms with E-state index in [1.54, 1.807) is 6.07 Å². The molecule has 24 heavy (non-hydrogen) atoms. The lowest BCUT2D eigenvalue weighted by Crippen LogP contribution is -2.13. The maximum atomic E-state index is 12.0. The van der Waals surface area contributed by atoms with Crippen LogP contribution in [0, 0.1) is 0 Å². The van der Waals surface area contributed by atoms with E-state index < -0.39 is 0 Å². The van der Waals surface area contributed by atoms with E-state index in [9.17, 15) is 4.79 Å². The summed E-state index contributed by atoms with van der Waals surface area (Å²) in [5.41, 5.74) is 0.737. The number of benzene rings is 2. The minimum atomic E-state index is -0.0506. The molecule has 1 amide bonds. The third-order valence-electron chi connectivity index (χ3n) is 3.23. The van der Waals surface area contributed by atoms with Crippen LogP contribution in [0.3, 0.4) is 0 Å². The first-order chi connectivity index (χ1) is 11.7. The zero-order chi connectivity index (χ0) is 17.2. The van der Waals surface area contributed by atoms with E-state index in [1.165, 1.54) is 0 Å². The molecule has 0 unspecified atom stereocenters. The molecule has 0 heterocycles. The lowest BCUT2D eigenvalue weighted by Gasteiger charge is -2.09. The first-order valence-electron chi connectivity index (χ1n) is 8.09. The smallest absolute Gasteiger partial charge is 0.224 e. The highest BCUT2D eigenvalue weighted by Crippen LogP contribution is 2.23. The molecule has 0 bridgehead atoms. The SMILES string of the molecule is CCCOc1cccc(NC(=O)CCCOc2ccccc2Cl)c1. The van der Waals surface area contributed by atoms with Gasteiger partial charge in [0.1, 0.15) is 11.5 Å². The number of nitrogens with one attached hydrogen (secondary N) is 1. The molecule has 0 aromatic heterocycles. The number of amides is 1. The molecule has 5 heteroatoms. The van der Waals surface area contributed by atoms with Gasteiger partial charge in [0.15, 0.2) is 0 Å². The van der Waals surface area contributed by atoms with Crippen molar-refractivity contribution in [3.63, 3.8) is 0 Å². The number of carbonyl (C=O) groups is 1. The highest BCUT2D eigenvalue weighted by atomic mass is 35.5. The summed E-state index contributed by atoms with van der Waals surface area (Å²) in [5.74, 6) is 1.35. The minimum absolute atomic E-state index is 0.0506. The number of hydrogen-bond donors (Lipinski definition) is 1. The van der Waals surface area contributed by atoms with Gasteiger partial charge in [-0.1, -0.05) is 36.7 Å². The summed E-state index contributed by atoms with van der Waals surface area (Å²) in [7, 11) is 0. The summed E-state index contributed by atoms with van der Waals surface area (Å²) in [6.07, 6.45) is 1.94. The standard InChI is InChI=1S/C19H22ClNO3/c1-2-12-23-16-8-5-7-15(14-16)21-19(22)11-6-13-24-18-10-4-3-9-17(18)20/h3-5,7-10,14H,2,6,11-13H2,1H3,(H,21,22). The average Bonchev–Trinajstić information content (AvgIpc) is 2.58. The molecule has 4 nitrogen and oxygen atoms in total. The molecule has 0 atom stereocenters. The Hall–Kier alpha value is -2.20. The van der Waals surface area contributed by atoms with Crippen LogP contribution < -0.4 is 14.8 Å². The summed E-state index contributed by atoms with van der Waals surface area (Å²) in [5, 5.41) is 3.44. The van der Waals surface area contributed by atoms with Crippen molar-refractivity contribution < 1.29 is 14.3 Å². The molecule has 0 aliphatic rings. The van der Waals surface area contributed by atoms with Crippen molar-refractivity contribution in [1.82, 2.24) is 0 Å². The Morgan fingerprint density at radius 1 is 1.08 bits per heavy atom. The Morgan fingerprint density at radius 3 is 2.71 bits per heavy atom. The third kappa shape index (κ3) is 6.13. The number of rotatable bonds is 9. The van der Waals surface area contributed by atoms with Crippen molar-refractivity contribution in [2.45, 2.75) is 26.2 Å². The summed E-state index contributed by atoms with van der Waals surface area (Å²) < 4.78 is 11.1. The molecular formula is C19H22ClNO3. The lowest BCUT2D eigenvalue weighted by atomic mass is 10.2. The largest absolute Gasteiger partial charge is 0.494 e. The van der Waals surface area contributed by atoms with Crippen molar-refractivity contribution in [2.75, 3.05) is 18.5 Å². The number of carbonyl (C=O) groups excluding carboxylic acids is 1. The molecule has 128 valence electrons. The molecule has 2 aromatic rings. The van der Waals surface area contributed by atoms with Gasteiger partial charge >= 0.3 is 0 Å². The fraction of sp³-hybridized carbons (Fsp3) is 0.316. The number of ether oxygens (including phenoxy) is 2. The molecule has 0 spiro atoms. The van der Waals surface area contributed by atoms with Crippen LogP contribution in [0.25, 0.3) is 0 Å². The van der Waals surface area contributed by atoms with Crippen LogP contribution in [-0.4, -0.2) is 19.1 Å². The van der Waals surface area contributed by atoms with Gasteiger partial charge in [0, 0.05) is 18.2 Å². The Bertz CT molecular complexity index is 661. The third-order valence-corrected chi connectivity index (χ3v) is 3.55. The minimum Gasteiger partial charge on any atom is -0.494 e. The zero-order valence-corrected chi connectivity index (χ0v) is 14.5. The quantitative estimate of drug-likeness (QED) is 0.654. The van der Waals surface area contributed by atoms with Crippen molar-refractivity contribution in [2.24, 2.45) is 0 Å². The van der Waals surface area contributed by atoms with Crippen LogP contribution in [-0.2, 0) is 4.79 Å². The summed E-state index contributed by atoms with van der Waals surface area (Å²) in [6, 6.07) is 14.7. The highest BCUT2D eigenvalue weighted by Gasteiger charge is 2.05. The second kappa shape index (κ2) is 9.83. The predicted octanol–water partition coefficient (Wildman–Crippen LogP) is 4.93. The van der Waals surface area contributed by atoms with Gasteiger partial charge in [0.25, 0.3) is 0 Å². The Balaban J connectivity index is 1.72. The molecule has 0 saturated heterocycles. The molecular weight excluding hydrogens is 326 g/mol. The Morgan fingerprint density at radius 2 is 1.92 bits per heavy atom. The predicted molar refractivity (Wildman–Crippen MR) is 97.0 cm³/mol. The zero-order valence-electron chi connectivity index (χ0n) is 13.8. The van der Waals surface area contributed by atoms with Crippen LogP contribution in [0.2, 0.25) is 5.02 Å². The number of para-hydroxylation sites is 1. The van der Waals surface area contributed by atoms with E-state index in [4.69, 9.17) is 21.1 Å². The molecule has 0 fully saturated rings. The number of hydrogen-bond acceptors (Lipinski definition) is 3. The van der Waals surface area contributed by atoms with Gasteiger partial charge in [-0.05, 0) is 37.1 Å². The van der Waals surface area contributed by atoms with Gasteiger partial charge in [-0.25, -0.2) is 0 Å². The Labute approximate surface area is 147 Å². The van der Waals surface area contributed by atoms with Crippen molar-refractivity contribution in [3.05, 3.63) is 53.6 Å². The van der Waals surface area contributed by atoms with Gasteiger partial charge in [-0.3, -0.25) is 4.79 Å².